The lowest BCUT2D eigenvalue weighted by molar-refractivity contribution is -0.131. The molecule has 5 nitrogen and oxygen atoms in total. The minimum Gasteiger partial charge on any atom is -0.354 e. The van der Waals surface area contributed by atoms with Crippen LogP contribution in [-0.2, 0) is 4.79 Å². The second kappa shape index (κ2) is 8.84. The molecule has 2 heterocycles. The van der Waals surface area contributed by atoms with Crippen LogP contribution in [0.5, 0.6) is 0 Å². The number of anilines is 1. The predicted molar refractivity (Wildman–Crippen MR) is 97.6 cm³/mol. The Morgan fingerprint density at radius 2 is 1.87 bits per heavy atom. The highest BCUT2D eigenvalue weighted by molar-refractivity contribution is 9.10. The van der Waals surface area contributed by atoms with Crippen molar-refractivity contribution in [1.29, 1.82) is 0 Å². The van der Waals surface area contributed by atoms with E-state index >= 15 is 0 Å². The van der Waals surface area contributed by atoms with Gasteiger partial charge in [0.25, 0.3) is 0 Å². The van der Waals surface area contributed by atoms with Crippen molar-refractivity contribution in [2.45, 2.75) is 0 Å². The summed E-state index contributed by atoms with van der Waals surface area (Å²) in [6, 6.07) is 4.02. The quantitative estimate of drug-likeness (QED) is 0.681. The first-order valence-electron chi connectivity index (χ1n) is 7.72. The minimum absolute atomic E-state index is 0.125. The smallest absolute Gasteiger partial charge is 0.237 e. The number of halogens is 1. The van der Waals surface area contributed by atoms with Gasteiger partial charge in [-0.2, -0.15) is 0 Å². The normalized spacial score (nSPS) is 15.3. The number of hydrogen-bond acceptors (Lipinski definition) is 4. The monoisotopic (exact) mass is 378 g/mol. The van der Waals surface area contributed by atoms with Crippen molar-refractivity contribution in [3.05, 3.63) is 48.1 Å². The molecule has 0 aliphatic carbocycles. The molecule has 6 heteroatoms. The molecule has 0 atom stereocenters. The van der Waals surface area contributed by atoms with Gasteiger partial charge in [-0.1, -0.05) is 12.2 Å². The van der Waals surface area contributed by atoms with Crippen molar-refractivity contribution in [3.8, 4) is 0 Å². The molecule has 124 valence electrons. The average Bonchev–Trinajstić information content (AvgIpc) is 2.56. The third-order valence-corrected chi connectivity index (χ3v) is 4.29. The van der Waals surface area contributed by atoms with Crippen LogP contribution in [0.3, 0.4) is 0 Å². The molecular formula is C17H23BrN4O. The van der Waals surface area contributed by atoms with Gasteiger partial charge in [0.2, 0.25) is 5.91 Å². The summed E-state index contributed by atoms with van der Waals surface area (Å²) in [6.45, 7) is 12.5. The lowest BCUT2D eigenvalue weighted by Crippen LogP contribution is -2.50. The van der Waals surface area contributed by atoms with Crippen LogP contribution in [0.15, 0.2) is 48.1 Å². The Kier molecular flexibility index (Phi) is 6.80. The molecule has 1 saturated heterocycles. The molecule has 0 bridgehead atoms. The predicted octanol–water partition coefficient (Wildman–Crippen LogP) is 2.17. The Labute approximate surface area is 146 Å². The van der Waals surface area contributed by atoms with Gasteiger partial charge in [-0.3, -0.25) is 9.69 Å². The number of piperazine rings is 1. The van der Waals surface area contributed by atoms with Gasteiger partial charge in [0.15, 0.2) is 0 Å². The number of rotatable bonds is 7. The molecule has 1 amide bonds. The Morgan fingerprint density at radius 1 is 1.22 bits per heavy atom. The van der Waals surface area contributed by atoms with E-state index in [1.54, 1.807) is 17.1 Å². The van der Waals surface area contributed by atoms with Crippen molar-refractivity contribution in [2.24, 2.45) is 0 Å². The molecule has 0 aromatic carbocycles. The third-order valence-electron chi connectivity index (χ3n) is 3.82. The number of carbonyl (C=O) groups is 1. The van der Waals surface area contributed by atoms with Crippen molar-refractivity contribution < 1.29 is 4.79 Å². The zero-order chi connectivity index (χ0) is 16.7. The molecule has 1 aliphatic rings. The fourth-order valence-corrected chi connectivity index (χ4v) is 2.81. The molecule has 1 fully saturated rings. The molecule has 0 spiro atoms. The zero-order valence-electron chi connectivity index (χ0n) is 13.3. The van der Waals surface area contributed by atoms with Crippen LogP contribution in [0.25, 0.3) is 0 Å². The van der Waals surface area contributed by atoms with Crippen molar-refractivity contribution in [2.75, 3.05) is 50.7 Å². The number of nitrogens with zero attached hydrogens (tertiary/aromatic N) is 4. The summed E-state index contributed by atoms with van der Waals surface area (Å²) in [5.41, 5.74) is 0. The maximum Gasteiger partial charge on any atom is 0.237 e. The lowest BCUT2D eigenvalue weighted by atomic mass is 10.3. The van der Waals surface area contributed by atoms with Crippen molar-refractivity contribution >= 4 is 27.7 Å². The standard InChI is InChI=1S/C17H23BrN4O/c1-3-7-22(8-4-2)17(23)14-20-9-11-21(12-10-20)16-6-5-15(18)13-19-16/h3-6,13H,1-2,7-12,14H2. The molecule has 2 rings (SSSR count). The first-order chi connectivity index (χ1) is 11.1. The summed E-state index contributed by atoms with van der Waals surface area (Å²) in [5.74, 6) is 1.11. The van der Waals surface area contributed by atoms with E-state index in [4.69, 9.17) is 0 Å². The first kappa shape index (κ1) is 17.7. The van der Waals surface area contributed by atoms with E-state index < -0.39 is 0 Å². The topological polar surface area (TPSA) is 39.7 Å². The summed E-state index contributed by atoms with van der Waals surface area (Å²) in [6.07, 6.45) is 5.31. The molecule has 0 N–H and O–H groups in total. The Balaban J connectivity index is 1.84. The number of amides is 1. The highest BCUT2D eigenvalue weighted by atomic mass is 79.9. The first-order valence-corrected chi connectivity index (χ1v) is 8.51. The van der Waals surface area contributed by atoms with E-state index in [1.165, 1.54) is 0 Å². The van der Waals surface area contributed by atoms with Gasteiger partial charge in [-0.05, 0) is 28.1 Å². The van der Waals surface area contributed by atoms with Crippen molar-refractivity contribution in [3.63, 3.8) is 0 Å². The van der Waals surface area contributed by atoms with Gasteiger partial charge < -0.3 is 9.80 Å². The van der Waals surface area contributed by atoms with Crippen LogP contribution in [0, 0.1) is 0 Å². The molecule has 0 radical (unpaired) electrons. The molecule has 0 saturated carbocycles. The number of aromatic nitrogens is 1. The van der Waals surface area contributed by atoms with Crippen LogP contribution in [-0.4, -0.2) is 66.5 Å². The summed E-state index contributed by atoms with van der Waals surface area (Å²) in [7, 11) is 0. The van der Waals surface area contributed by atoms with E-state index in [2.05, 4.69) is 43.9 Å². The summed E-state index contributed by atoms with van der Waals surface area (Å²) < 4.78 is 0.981. The Morgan fingerprint density at radius 3 is 2.39 bits per heavy atom. The number of hydrogen-bond donors (Lipinski definition) is 0. The number of carbonyl (C=O) groups excluding carboxylic acids is 1. The Bertz CT molecular complexity index is 528. The molecule has 1 aliphatic heterocycles. The average molecular weight is 379 g/mol. The molecule has 0 unspecified atom stereocenters. The maximum atomic E-state index is 12.3. The number of pyridine rings is 1. The second-order valence-corrected chi connectivity index (χ2v) is 6.39. The third kappa shape index (κ3) is 5.18. The van der Waals surface area contributed by atoms with Gasteiger partial charge in [-0.15, -0.1) is 13.2 Å². The van der Waals surface area contributed by atoms with Gasteiger partial charge >= 0.3 is 0 Å². The van der Waals surface area contributed by atoms with E-state index in [1.807, 2.05) is 18.3 Å². The summed E-state index contributed by atoms with van der Waals surface area (Å²) >= 11 is 3.40. The highest BCUT2D eigenvalue weighted by Crippen LogP contribution is 2.16. The van der Waals surface area contributed by atoms with Crippen LogP contribution in [0.2, 0.25) is 0 Å². The lowest BCUT2D eigenvalue weighted by Gasteiger charge is -2.35. The van der Waals surface area contributed by atoms with E-state index in [9.17, 15) is 4.79 Å². The molecular weight excluding hydrogens is 356 g/mol. The SMILES string of the molecule is C=CCN(CC=C)C(=O)CN1CCN(c2ccc(Br)cn2)CC1. The van der Waals surface area contributed by atoms with Gasteiger partial charge in [0.05, 0.1) is 6.54 Å². The van der Waals surface area contributed by atoms with Gasteiger partial charge in [0.1, 0.15) is 5.82 Å². The largest absolute Gasteiger partial charge is 0.354 e. The van der Waals surface area contributed by atoms with Crippen molar-refractivity contribution in [1.82, 2.24) is 14.8 Å². The summed E-state index contributed by atoms with van der Waals surface area (Å²) in [4.78, 5) is 23.0. The fraction of sp³-hybridized carbons (Fsp3) is 0.412. The zero-order valence-corrected chi connectivity index (χ0v) is 14.9. The maximum absolute atomic E-state index is 12.3. The van der Waals surface area contributed by atoms with Gasteiger partial charge in [-0.25, -0.2) is 4.98 Å². The van der Waals surface area contributed by atoms with Crippen LogP contribution >= 0.6 is 15.9 Å². The highest BCUT2D eigenvalue weighted by Gasteiger charge is 2.21. The molecule has 1 aromatic rings. The van der Waals surface area contributed by atoms with Crippen LogP contribution < -0.4 is 4.90 Å². The fourth-order valence-electron chi connectivity index (χ4n) is 2.57. The van der Waals surface area contributed by atoms with Crippen LogP contribution in [0.4, 0.5) is 5.82 Å². The molecule has 23 heavy (non-hydrogen) atoms. The van der Waals surface area contributed by atoms with Gasteiger partial charge in [0, 0.05) is 49.9 Å². The minimum atomic E-state index is 0.125. The second-order valence-electron chi connectivity index (χ2n) is 5.47. The summed E-state index contributed by atoms with van der Waals surface area (Å²) in [5, 5.41) is 0. The van der Waals surface area contributed by atoms with Crippen LogP contribution in [0.1, 0.15) is 0 Å². The molecule has 1 aromatic heterocycles. The van der Waals surface area contributed by atoms with E-state index in [0.29, 0.717) is 19.6 Å². The van der Waals surface area contributed by atoms with E-state index in [0.717, 1.165) is 36.5 Å². The van der Waals surface area contributed by atoms with E-state index in [-0.39, 0.29) is 5.91 Å². The Hall–Kier alpha value is -1.66.